The second kappa shape index (κ2) is 3.50. The normalized spacial score (nSPS) is 19.6. The van der Waals surface area contributed by atoms with Gasteiger partial charge in [-0.3, -0.25) is 9.69 Å². The summed E-state index contributed by atoms with van der Waals surface area (Å²) in [6.07, 6.45) is 5.68. The third kappa shape index (κ3) is 1.56. The van der Waals surface area contributed by atoms with Crippen molar-refractivity contribution in [1.29, 1.82) is 0 Å². The number of fused-ring (bicyclic) bond motifs is 1. The molecule has 1 fully saturated rings. The molecule has 0 radical (unpaired) electrons. The first kappa shape index (κ1) is 9.69. The fraction of sp³-hybridized carbons (Fsp3) is 0.636. The number of hydrogen-bond acceptors (Lipinski definition) is 3. The van der Waals surface area contributed by atoms with Crippen LogP contribution >= 0.6 is 0 Å². The molecule has 1 saturated carbocycles. The zero-order chi connectivity index (χ0) is 11.1. The highest BCUT2D eigenvalue weighted by Crippen LogP contribution is 2.35. The lowest BCUT2D eigenvalue weighted by Crippen LogP contribution is -2.38. The van der Waals surface area contributed by atoms with Gasteiger partial charge in [0, 0.05) is 19.5 Å². The van der Waals surface area contributed by atoms with Crippen molar-refractivity contribution in [3.63, 3.8) is 0 Å². The minimum absolute atomic E-state index is 0.204. The van der Waals surface area contributed by atoms with Gasteiger partial charge >= 0.3 is 0 Å². The third-order valence-electron chi connectivity index (χ3n) is 3.31. The van der Waals surface area contributed by atoms with Gasteiger partial charge in [0.25, 0.3) is 0 Å². The Balaban J connectivity index is 1.85. The number of anilines is 2. The predicted molar refractivity (Wildman–Crippen MR) is 61.0 cm³/mol. The van der Waals surface area contributed by atoms with Crippen molar-refractivity contribution in [1.82, 2.24) is 9.78 Å². The maximum atomic E-state index is 12.1. The lowest BCUT2D eigenvalue weighted by atomic mass is 10.2. The van der Waals surface area contributed by atoms with Gasteiger partial charge in [-0.25, -0.2) is 4.68 Å². The van der Waals surface area contributed by atoms with Crippen LogP contribution in [0.3, 0.4) is 0 Å². The number of nitrogens with two attached hydrogens (primary N) is 1. The van der Waals surface area contributed by atoms with Crippen LogP contribution in [0, 0.1) is 5.92 Å². The van der Waals surface area contributed by atoms with E-state index in [1.165, 1.54) is 12.8 Å². The van der Waals surface area contributed by atoms with Crippen LogP contribution < -0.4 is 10.6 Å². The highest BCUT2D eigenvalue weighted by molar-refractivity contribution is 5.95. The molecule has 0 spiro atoms. The van der Waals surface area contributed by atoms with E-state index in [9.17, 15) is 4.79 Å². The maximum absolute atomic E-state index is 12.1. The second-order valence-corrected chi connectivity index (χ2v) is 4.69. The standard InChI is InChI=1S/C11H16N4O/c12-9-7-13-15-5-1-4-14(11(9)15)10(16)6-8-2-3-8/h7-8H,1-6,12H2. The number of hydrogen-bond donors (Lipinski definition) is 1. The molecule has 0 saturated heterocycles. The summed E-state index contributed by atoms with van der Waals surface area (Å²) in [5.41, 5.74) is 6.47. The number of aromatic nitrogens is 2. The van der Waals surface area contributed by atoms with Crippen LogP contribution in [0.4, 0.5) is 11.5 Å². The Kier molecular flexibility index (Phi) is 2.12. The van der Waals surface area contributed by atoms with Crippen molar-refractivity contribution in [3.8, 4) is 0 Å². The summed E-state index contributed by atoms with van der Waals surface area (Å²) in [6.45, 7) is 1.64. The van der Waals surface area contributed by atoms with Crippen molar-refractivity contribution in [2.45, 2.75) is 32.2 Å². The van der Waals surface area contributed by atoms with Gasteiger partial charge in [-0.05, 0) is 25.2 Å². The first-order valence-electron chi connectivity index (χ1n) is 5.87. The Morgan fingerprint density at radius 1 is 1.50 bits per heavy atom. The molecule has 1 aromatic rings. The van der Waals surface area contributed by atoms with Gasteiger partial charge in [0.15, 0.2) is 5.82 Å². The molecule has 5 heteroatoms. The van der Waals surface area contributed by atoms with E-state index in [1.54, 1.807) is 6.20 Å². The minimum atomic E-state index is 0.204. The van der Waals surface area contributed by atoms with E-state index in [-0.39, 0.29) is 5.91 Å². The molecule has 1 aliphatic heterocycles. The molecule has 2 N–H and O–H groups in total. The van der Waals surface area contributed by atoms with E-state index in [0.717, 1.165) is 25.3 Å². The first-order valence-corrected chi connectivity index (χ1v) is 5.87. The van der Waals surface area contributed by atoms with Gasteiger partial charge in [0.1, 0.15) is 0 Å². The Labute approximate surface area is 94.2 Å². The highest BCUT2D eigenvalue weighted by atomic mass is 16.2. The quantitative estimate of drug-likeness (QED) is 0.808. The average Bonchev–Trinajstić information content (AvgIpc) is 3.02. The van der Waals surface area contributed by atoms with Crippen LogP contribution in [-0.2, 0) is 11.3 Å². The Hall–Kier alpha value is -1.52. The van der Waals surface area contributed by atoms with Crippen molar-refractivity contribution in [2.24, 2.45) is 5.92 Å². The van der Waals surface area contributed by atoms with Gasteiger partial charge in [0.2, 0.25) is 5.91 Å². The van der Waals surface area contributed by atoms with E-state index >= 15 is 0 Å². The molecule has 0 atom stereocenters. The molecular weight excluding hydrogens is 204 g/mol. The van der Waals surface area contributed by atoms with Crippen molar-refractivity contribution >= 4 is 17.4 Å². The maximum Gasteiger partial charge on any atom is 0.228 e. The van der Waals surface area contributed by atoms with Gasteiger partial charge in [-0.15, -0.1) is 0 Å². The van der Waals surface area contributed by atoms with Crippen LogP contribution in [0.2, 0.25) is 0 Å². The predicted octanol–water partition coefficient (Wildman–Crippen LogP) is 1.00. The molecule has 2 heterocycles. The van der Waals surface area contributed by atoms with Crippen LogP contribution in [-0.4, -0.2) is 22.2 Å². The number of amides is 1. The summed E-state index contributed by atoms with van der Waals surface area (Å²) in [5, 5.41) is 4.18. The molecule has 2 aliphatic rings. The van der Waals surface area contributed by atoms with Crippen LogP contribution in [0.25, 0.3) is 0 Å². The zero-order valence-electron chi connectivity index (χ0n) is 9.22. The molecule has 1 aliphatic carbocycles. The number of nitrogen functional groups attached to an aromatic ring is 1. The number of nitrogens with zero attached hydrogens (tertiary/aromatic N) is 3. The summed E-state index contributed by atoms with van der Waals surface area (Å²) in [5.74, 6) is 1.62. The van der Waals surface area contributed by atoms with Gasteiger partial charge in [0.05, 0.1) is 11.9 Å². The van der Waals surface area contributed by atoms with Crippen molar-refractivity contribution in [3.05, 3.63) is 6.20 Å². The molecular formula is C11H16N4O. The van der Waals surface area contributed by atoms with Crippen molar-refractivity contribution < 1.29 is 4.79 Å². The summed E-state index contributed by atoms with van der Waals surface area (Å²) >= 11 is 0. The molecule has 0 unspecified atom stereocenters. The zero-order valence-corrected chi connectivity index (χ0v) is 9.22. The lowest BCUT2D eigenvalue weighted by molar-refractivity contribution is -0.119. The second-order valence-electron chi connectivity index (χ2n) is 4.69. The van der Waals surface area contributed by atoms with E-state index < -0.39 is 0 Å². The first-order chi connectivity index (χ1) is 7.75. The van der Waals surface area contributed by atoms with E-state index in [1.807, 2.05) is 9.58 Å². The van der Waals surface area contributed by atoms with Crippen LogP contribution in [0.1, 0.15) is 25.7 Å². The molecule has 86 valence electrons. The lowest BCUT2D eigenvalue weighted by Gasteiger charge is -2.28. The summed E-state index contributed by atoms with van der Waals surface area (Å²) < 4.78 is 1.84. The molecule has 1 aromatic heterocycles. The Bertz CT molecular complexity index is 422. The highest BCUT2D eigenvalue weighted by Gasteiger charge is 2.31. The van der Waals surface area contributed by atoms with Gasteiger partial charge in [-0.1, -0.05) is 0 Å². The Morgan fingerprint density at radius 2 is 2.31 bits per heavy atom. The largest absolute Gasteiger partial charge is 0.394 e. The Morgan fingerprint density at radius 3 is 3.06 bits per heavy atom. The molecule has 0 bridgehead atoms. The number of rotatable bonds is 2. The fourth-order valence-corrected chi connectivity index (χ4v) is 2.26. The summed E-state index contributed by atoms with van der Waals surface area (Å²) in [4.78, 5) is 13.9. The third-order valence-corrected chi connectivity index (χ3v) is 3.31. The molecule has 16 heavy (non-hydrogen) atoms. The minimum Gasteiger partial charge on any atom is -0.394 e. The van der Waals surface area contributed by atoms with Gasteiger partial charge in [-0.2, -0.15) is 5.10 Å². The molecule has 5 nitrogen and oxygen atoms in total. The van der Waals surface area contributed by atoms with Crippen LogP contribution in [0.5, 0.6) is 0 Å². The average molecular weight is 220 g/mol. The fourth-order valence-electron chi connectivity index (χ4n) is 2.26. The number of carbonyl (C=O) groups excluding carboxylic acids is 1. The topological polar surface area (TPSA) is 64.2 Å². The molecule has 3 rings (SSSR count). The SMILES string of the molecule is Nc1cnn2c1N(C(=O)CC1CC1)CCC2. The smallest absolute Gasteiger partial charge is 0.228 e. The van der Waals surface area contributed by atoms with E-state index in [4.69, 9.17) is 5.73 Å². The monoisotopic (exact) mass is 220 g/mol. The number of carbonyl (C=O) groups is 1. The summed E-state index contributed by atoms with van der Waals surface area (Å²) in [7, 11) is 0. The molecule has 1 amide bonds. The van der Waals surface area contributed by atoms with E-state index in [0.29, 0.717) is 18.0 Å². The molecule has 0 aromatic carbocycles. The van der Waals surface area contributed by atoms with Gasteiger partial charge < -0.3 is 5.73 Å². The van der Waals surface area contributed by atoms with Crippen LogP contribution in [0.15, 0.2) is 6.20 Å². The number of aryl methyl sites for hydroxylation is 1. The summed E-state index contributed by atoms with van der Waals surface area (Å²) in [6, 6.07) is 0. The van der Waals surface area contributed by atoms with Crippen molar-refractivity contribution in [2.75, 3.05) is 17.2 Å². The van der Waals surface area contributed by atoms with E-state index in [2.05, 4.69) is 5.10 Å².